The number of hydrogen-bond acceptors (Lipinski definition) is 3. The number of carbonyl (C=O) groups is 1. The molecule has 15 heavy (non-hydrogen) atoms. The van der Waals surface area contributed by atoms with Crippen LogP contribution in [0.1, 0.15) is 33.1 Å². The number of carbonyl (C=O) groups excluding carboxylic acids is 1. The molecule has 3 atom stereocenters. The molecule has 86 valence electrons. The van der Waals surface area contributed by atoms with Crippen molar-refractivity contribution in [2.45, 2.75) is 51.3 Å². The number of aliphatic hydroxyl groups is 1. The van der Waals surface area contributed by atoms with Gasteiger partial charge in [0, 0.05) is 30.5 Å². The predicted molar refractivity (Wildman–Crippen MR) is 57.4 cm³/mol. The molecule has 3 N–H and O–H groups in total. The summed E-state index contributed by atoms with van der Waals surface area (Å²) in [5, 5.41) is 15.9. The Kier molecular flexibility index (Phi) is 2.73. The maximum absolute atomic E-state index is 11.0. The van der Waals surface area contributed by atoms with Crippen molar-refractivity contribution < 1.29 is 9.90 Å². The van der Waals surface area contributed by atoms with Crippen molar-refractivity contribution in [1.82, 2.24) is 10.6 Å². The lowest BCUT2D eigenvalue weighted by molar-refractivity contribution is -0.119. The lowest BCUT2D eigenvalue weighted by Crippen LogP contribution is -2.61. The highest BCUT2D eigenvalue weighted by Crippen LogP contribution is 2.40. The van der Waals surface area contributed by atoms with Crippen molar-refractivity contribution in [3.8, 4) is 0 Å². The molecule has 0 spiro atoms. The van der Waals surface area contributed by atoms with Gasteiger partial charge < -0.3 is 15.7 Å². The third kappa shape index (κ3) is 2.01. The van der Waals surface area contributed by atoms with E-state index in [-0.39, 0.29) is 23.5 Å². The molecule has 1 aliphatic heterocycles. The van der Waals surface area contributed by atoms with Gasteiger partial charge in [-0.2, -0.15) is 0 Å². The van der Waals surface area contributed by atoms with E-state index in [0.717, 1.165) is 19.4 Å². The number of hydrogen-bond donors (Lipinski definition) is 3. The van der Waals surface area contributed by atoms with Crippen LogP contribution in [-0.4, -0.2) is 35.7 Å². The second-order valence-electron chi connectivity index (χ2n) is 5.34. The van der Waals surface area contributed by atoms with Crippen LogP contribution in [0.15, 0.2) is 0 Å². The zero-order valence-electron chi connectivity index (χ0n) is 9.42. The maximum atomic E-state index is 11.0. The number of amides is 1. The Morgan fingerprint density at radius 3 is 2.80 bits per heavy atom. The highest BCUT2D eigenvalue weighted by atomic mass is 16.3. The van der Waals surface area contributed by atoms with Crippen LogP contribution in [-0.2, 0) is 4.79 Å². The molecule has 0 radical (unpaired) electrons. The normalized spacial score (nSPS) is 38.6. The first-order valence-corrected chi connectivity index (χ1v) is 5.71. The molecule has 2 aliphatic rings. The standard InChI is InChI=1S/C11H20N2O2/c1-11(2)8(5-9(11)14)12-6-7-3-4-10(15)13-7/h7-9,12,14H,3-6H2,1-2H3,(H,13,15). The summed E-state index contributed by atoms with van der Waals surface area (Å²) in [6.45, 7) is 4.98. The molecular weight excluding hydrogens is 192 g/mol. The number of nitrogens with one attached hydrogen (secondary N) is 2. The fraction of sp³-hybridized carbons (Fsp3) is 0.909. The van der Waals surface area contributed by atoms with Gasteiger partial charge in [-0.25, -0.2) is 0 Å². The summed E-state index contributed by atoms with van der Waals surface area (Å²) >= 11 is 0. The van der Waals surface area contributed by atoms with E-state index in [1.807, 2.05) is 0 Å². The van der Waals surface area contributed by atoms with Crippen LogP contribution in [0.2, 0.25) is 0 Å². The summed E-state index contributed by atoms with van der Waals surface area (Å²) < 4.78 is 0. The summed E-state index contributed by atoms with van der Waals surface area (Å²) in [5.41, 5.74) is -0.0252. The minimum absolute atomic E-state index is 0.0252. The monoisotopic (exact) mass is 212 g/mol. The predicted octanol–water partition coefficient (Wildman–Crippen LogP) is 0.0140. The molecule has 0 aromatic rings. The topological polar surface area (TPSA) is 61.4 Å². The first-order valence-electron chi connectivity index (χ1n) is 5.71. The SMILES string of the molecule is CC1(C)C(O)CC1NCC1CCC(=O)N1. The van der Waals surface area contributed by atoms with Crippen molar-refractivity contribution in [3.63, 3.8) is 0 Å². The highest BCUT2D eigenvalue weighted by molar-refractivity contribution is 5.78. The Labute approximate surface area is 90.4 Å². The molecule has 1 heterocycles. The molecule has 2 rings (SSSR count). The van der Waals surface area contributed by atoms with Gasteiger partial charge in [0.1, 0.15) is 0 Å². The molecule has 2 fully saturated rings. The van der Waals surface area contributed by atoms with Crippen molar-refractivity contribution in [2.24, 2.45) is 5.41 Å². The molecular formula is C11H20N2O2. The first-order chi connectivity index (χ1) is 7.00. The average molecular weight is 212 g/mol. The van der Waals surface area contributed by atoms with E-state index < -0.39 is 0 Å². The lowest BCUT2D eigenvalue weighted by atomic mass is 9.64. The highest BCUT2D eigenvalue weighted by Gasteiger charge is 2.47. The maximum Gasteiger partial charge on any atom is 0.220 e. The summed E-state index contributed by atoms with van der Waals surface area (Å²) in [5.74, 6) is 0.162. The van der Waals surface area contributed by atoms with E-state index in [4.69, 9.17) is 0 Å². The van der Waals surface area contributed by atoms with Gasteiger partial charge >= 0.3 is 0 Å². The van der Waals surface area contributed by atoms with Crippen molar-refractivity contribution in [1.29, 1.82) is 0 Å². The van der Waals surface area contributed by atoms with E-state index >= 15 is 0 Å². The molecule has 0 bridgehead atoms. The zero-order valence-corrected chi connectivity index (χ0v) is 9.42. The molecule has 0 aromatic carbocycles. The molecule has 1 saturated heterocycles. The van der Waals surface area contributed by atoms with Gasteiger partial charge in [0.05, 0.1) is 6.10 Å². The minimum atomic E-state index is -0.187. The molecule has 3 unspecified atom stereocenters. The number of aliphatic hydroxyl groups excluding tert-OH is 1. The van der Waals surface area contributed by atoms with E-state index in [1.54, 1.807) is 0 Å². The van der Waals surface area contributed by atoms with Crippen LogP contribution in [0.5, 0.6) is 0 Å². The van der Waals surface area contributed by atoms with E-state index in [9.17, 15) is 9.90 Å². The van der Waals surface area contributed by atoms with Crippen LogP contribution in [0.4, 0.5) is 0 Å². The molecule has 0 aromatic heterocycles. The van der Waals surface area contributed by atoms with Crippen molar-refractivity contribution >= 4 is 5.91 Å². The molecule has 1 aliphatic carbocycles. The Hall–Kier alpha value is -0.610. The van der Waals surface area contributed by atoms with Gasteiger partial charge in [-0.1, -0.05) is 13.8 Å². The summed E-state index contributed by atoms with van der Waals surface area (Å²) in [6, 6.07) is 0.663. The quantitative estimate of drug-likeness (QED) is 0.618. The largest absolute Gasteiger partial charge is 0.392 e. The summed E-state index contributed by atoms with van der Waals surface area (Å²) in [4.78, 5) is 11.0. The molecule has 1 saturated carbocycles. The van der Waals surface area contributed by atoms with Crippen LogP contribution in [0, 0.1) is 5.41 Å². The van der Waals surface area contributed by atoms with Gasteiger partial charge in [-0.05, 0) is 12.8 Å². The third-order valence-corrected chi connectivity index (χ3v) is 3.91. The average Bonchev–Trinajstić information content (AvgIpc) is 2.58. The van der Waals surface area contributed by atoms with E-state index in [2.05, 4.69) is 24.5 Å². The van der Waals surface area contributed by atoms with Crippen LogP contribution in [0.3, 0.4) is 0 Å². The van der Waals surface area contributed by atoms with Crippen LogP contribution >= 0.6 is 0 Å². The fourth-order valence-corrected chi connectivity index (χ4v) is 2.36. The van der Waals surface area contributed by atoms with Gasteiger partial charge in [0.2, 0.25) is 5.91 Å². The van der Waals surface area contributed by atoms with E-state index in [0.29, 0.717) is 12.5 Å². The van der Waals surface area contributed by atoms with Crippen molar-refractivity contribution in [2.75, 3.05) is 6.54 Å². The summed E-state index contributed by atoms with van der Waals surface area (Å²) in [7, 11) is 0. The Balaban J connectivity index is 1.73. The van der Waals surface area contributed by atoms with Crippen LogP contribution < -0.4 is 10.6 Å². The van der Waals surface area contributed by atoms with Gasteiger partial charge in [0.25, 0.3) is 0 Å². The minimum Gasteiger partial charge on any atom is -0.392 e. The van der Waals surface area contributed by atoms with Crippen molar-refractivity contribution in [3.05, 3.63) is 0 Å². The zero-order chi connectivity index (χ0) is 11.1. The Morgan fingerprint density at radius 1 is 1.60 bits per heavy atom. The Morgan fingerprint density at radius 2 is 2.33 bits per heavy atom. The van der Waals surface area contributed by atoms with E-state index in [1.165, 1.54) is 0 Å². The number of rotatable bonds is 3. The fourth-order valence-electron chi connectivity index (χ4n) is 2.36. The second kappa shape index (κ2) is 3.76. The van der Waals surface area contributed by atoms with Gasteiger partial charge in [0.15, 0.2) is 0 Å². The first kappa shape index (κ1) is 10.9. The lowest BCUT2D eigenvalue weighted by Gasteiger charge is -2.50. The van der Waals surface area contributed by atoms with Crippen LogP contribution in [0.25, 0.3) is 0 Å². The van der Waals surface area contributed by atoms with Gasteiger partial charge in [-0.15, -0.1) is 0 Å². The second-order valence-corrected chi connectivity index (χ2v) is 5.34. The molecule has 4 nitrogen and oxygen atoms in total. The summed E-state index contributed by atoms with van der Waals surface area (Å²) in [6.07, 6.45) is 2.23. The molecule has 1 amide bonds. The van der Waals surface area contributed by atoms with Gasteiger partial charge in [-0.3, -0.25) is 4.79 Å². The third-order valence-electron chi connectivity index (χ3n) is 3.91. The molecule has 4 heteroatoms. The smallest absolute Gasteiger partial charge is 0.220 e. The Bertz CT molecular complexity index is 265.